The van der Waals surface area contributed by atoms with Crippen LogP contribution in [0.1, 0.15) is 39.5 Å². The normalized spacial score (nSPS) is 26.0. The van der Waals surface area contributed by atoms with Crippen molar-refractivity contribution in [1.82, 2.24) is 25.5 Å². The molecule has 8 heteroatoms. The molecule has 2 rings (SSSR count). The molecular weight excluding hydrogens is 290 g/mol. The van der Waals surface area contributed by atoms with Gasteiger partial charge < -0.3 is 4.74 Å². The quantitative estimate of drug-likeness (QED) is 0.817. The lowest BCUT2D eigenvalue weighted by Gasteiger charge is -2.40. The first kappa shape index (κ1) is 16.2. The first-order chi connectivity index (χ1) is 9.97. The second-order valence-electron chi connectivity index (χ2n) is 5.79. The molecule has 2 unspecified atom stereocenters. The molecule has 0 aliphatic heterocycles. The Morgan fingerprint density at radius 1 is 1.57 bits per heavy atom. The number of nitrogens with one attached hydrogen (secondary N) is 1. The van der Waals surface area contributed by atoms with Gasteiger partial charge in [-0.25, -0.2) is 4.68 Å². The van der Waals surface area contributed by atoms with Crippen molar-refractivity contribution < 1.29 is 9.53 Å². The maximum absolute atomic E-state index is 12.3. The van der Waals surface area contributed by atoms with Crippen LogP contribution in [0.5, 0.6) is 0 Å². The van der Waals surface area contributed by atoms with E-state index in [9.17, 15) is 4.79 Å². The molecule has 0 amide bonds. The molecule has 21 heavy (non-hydrogen) atoms. The maximum atomic E-state index is 12.3. The van der Waals surface area contributed by atoms with Crippen LogP contribution in [0.15, 0.2) is 5.16 Å². The van der Waals surface area contributed by atoms with Crippen molar-refractivity contribution in [3.63, 3.8) is 0 Å². The highest BCUT2D eigenvalue weighted by atomic mass is 32.2. The Bertz CT molecular complexity index is 493. The van der Waals surface area contributed by atoms with E-state index in [-0.39, 0.29) is 12.0 Å². The zero-order valence-electron chi connectivity index (χ0n) is 13.0. The minimum Gasteiger partial charge on any atom is -0.468 e. The Labute approximate surface area is 129 Å². The van der Waals surface area contributed by atoms with Crippen LogP contribution in [0.2, 0.25) is 0 Å². The van der Waals surface area contributed by atoms with E-state index in [4.69, 9.17) is 4.74 Å². The third-order valence-electron chi connectivity index (χ3n) is 3.70. The maximum Gasteiger partial charge on any atom is 0.326 e. The van der Waals surface area contributed by atoms with E-state index in [1.54, 1.807) is 16.4 Å². The average Bonchev–Trinajstić information content (AvgIpc) is 2.83. The summed E-state index contributed by atoms with van der Waals surface area (Å²) in [5.41, 5.74) is -0.592. The third-order valence-corrected chi connectivity index (χ3v) is 4.99. The van der Waals surface area contributed by atoms with Crippen LogP contribution in [-0.4, -0.2) is 50.1 Å². The molecule has 2 atom stereocenters. The Morgan fingerprint density at radius 2 is 2.33 bits per heavy atom. The van der Waals surface area contributed by atoms with E-state index >= 15 is 0 Å². The highest BCUT2D eigenvalue weighted by molar-refractivity contribution is 7.99. The summed E-state index contributed by atoms with van der Waals surface area (Å²) in [6, 6.07) is 0.226. The molecule has 0 radical (unpaired) electrons. The second kappa shape index (κ2) is 6.74. The van der Waals surface area contributed by atoms with Gasteiger partial charge in [0.1, 0.15) is 5.54 Å². The van der Waals surface area contributed by atoms with Gasteiger partial charge in [0.05, 0.1) is 7.11 Å². The molecule has 0 saturated heterocycles. The number of hydrogen-bond donors (Lipinski definition) is 1. The fraction of sp³-hybridized carbons (Fsp3) is 0.846. The topological polar surface area (TPSA) is 81.9 Å². The fourth-order valence-electron chi connectivity index (χ4n) is 2.92. The molecule has 118 valence electrons. The number of esters is 1. The van der Waals surface area contributed by atoms with Gasteiger partial charge in [0.2, 0.25) is 5.16 Å². The summed E-state index contributed by atoms with van der Waals surface area (Å²) in [5.74, 6) is -0.169. The molecule has 0 bridgehead atoms. The number of aryl methyl sites for hydroxylation is 1. The lowest BCUT2D eigenvalue weighted by atomic mass is 9.81. The summed E-state index contributed by atoms with van der Waals surface area (Å²) in [6.07, 6.45) is 3.58. The number of carbonyl (C=O) groups is 1. The summed E-state index contributed by atoms with van der Waals surface area (Å²) in [7, 11) is 3.28. The summed E-state index contributed by atoms with van der Waals surface area (Å²) in [5, 5.41) is 16.0. The van der Waals surface area contributed by atoms with Crippen LogP contribution in [0.3, 0.4) is 0 Å². The molecule has 1 N–H and O–H groups in total. The molecule has 1 aliphatic rings. The van der Waals surface area contributed by atoms with Crippen molar-refractivity contribution in [1.29, 1.82) is 0 Å². The lowest BCUT2D eigenvalue weighted by Crippen LogP contribution is -2.58. The van der Waals surface area contributed by atoms with Crippen LogP contribution in [0.25, 0.3) is 0 Å². The van der Waals surface area contributed by atoms with E-state index in [1.165, 1.54) is 7.11 Å². The number of methoxy groups -OCH3 is 1. The van der Waals surface area contributed by atoms with E-state index in [0.29, 0.717) is 5.25 Å². The van der Waals surface area contributed by atoms with Gasteiger partial charge in [-0.05, 0) is 50.0 Å². The zero-order valence-corrected chi connectivity index (χ0v) is 13.8. The minimum atomic E-state index is -0.592. The average molecular weight is 313 g/mol. The van der Waals surface area contributed by atoms with Gasteiger partial charge in [0, 0.05) is 18.3 Å². The van der Waals surface area contributed by atoms with Gasteiger partial charge >= 0.3 is 5.97 Å². The second-order valence-corrected chi connectivity index (χ2v) is 7.06. The SMILES string of the molecule is COC(=O)C1(NC(C)C)CCCC(Sc2nnnn2C)C1. The van der Waals surface area contributed by atoms with Crippen LogP contribution in [0, 0.1) is 0 Å². The number of thioether (sulfide) groups is 1. The first-order valence-corrected chi connectivity index (χ1v) is 8.10. The molecule has 1 aromatic heterocycles. The molecular formula is C13H23N5O2S. The first-order valence-electron chi connectivity index (χ1n) is 7.22. The molecule has 7 nitrogen and oxygen atoms in total. The smallest absolute Gasteiger partial charge is 0.326 e. The van der Waals surface area contributed by atoms with Gasteiger partial charge in [0.15, 0.2) is 0 Å². The predicted molar refractivity (Wildman–Crippen MR) is 79.9 cm³/mol. The van der Waals surface area contributed by atoms with Crippen molar-refractivity contribution in [2.45, 2.75) is 61.5 Å². The number of tetrazole rings is 1. The lowest BCUT2D eigenvalue weighted by molar-refractivity contribution is -0.150. The predicted octanol–water partition coefficient (Wildman–Crippen LogP) is 1.15. The Kier molecular flexibility index (Phi) is 5.21. The van der Waals surface area contributed by atoms with E-state index in [2.05, 4.69) is 20.8 Å². The molecule has 1 heterocycles. The van der Waals surface area contributed by atoms with Crippen LogP contribution >= 0.6 is 11.8 Å². The number of carbonyl (C=O) groups excluding carboxylic acids is 1. The molecule has 1 fully saturated rings. The van der Waals surface area contributed by atoms with Crippen molar-refractivity contribution in [3.05, 3.63) is 0 Å². The Balaban J connectivity index is 2.12. The van der Waals surface area contributed by atoms with E-state index in [0.717, 1.165) is 30.8 Å². The largest absolute Gasteiger partial charge is 0.468 e. The summed E-state index contributed by atoms with van der Waals surface area (Å²) >= 11 is 1.63. The fourth-order valence-corrected chi connectivity index (χ4v) is 4.14. The Morgan fingerprint density at radius 3 is 2.90 bits per heavy atom. The van der Waals surface area contributed by atoms with Gasteiger partial charge in [0.25, 0.3) is 0 Å². The van der Waals surface area contributed by atoms with E-state index in [1.807, 2.05) is 20.9 Å². The molecule has 1 aromatic rings. The Hall–Kier alpha value is -1.15. The summed E-state index contributed by atoms with van der Waals surface area (Å²) in [4.78, 5) is 12.3. The minimum absolute atomic E-state index is 0.169. The molecule has 0 spiro atoms. The van der Waals surface area contributed by atoms with Crippen molar-refractivity contribution >= 4 is 17.7 Å². The highest BCUT2D eigenvalue weighted by Crippen LogP contribution is 2.38. The van der Waals surface area contributed by atoms with Crippen molar-refractivity contribution in [2.75, 3.05) is 7.11 Å². The van der Waals surface area contributed by atoms with Gasteiger partial charge in [-0.1, -0.05) is 11.8 Å². The summed E-state index contributed by atoms with van der Waals surface area (Å²) < 4.78 is 6.71. The van der Waals surface area contributed by atoms with Gasteiger partial charge in [-0.15, -0.1) is 5.10 Å². The number of hydrogen-bond acceptors (Lipinski definition) is 7. The van der Waals surface area contributed by atoms with Crippen molar-refractivity contribution in [2.24, 2.45) is 7.05 Å². The zero-order chi connectivity index (χ0) is 15.5. The standard InChI is InChI=1S/C13H23N5O2S/c1-9(2)14-13(11(19)20-4)7-5-6-10(8-13)21-12-15-16-17-18(12)3/h9-10,14H,5-8H2,1-4H3. The number of rotatable bonds is 5. The van der Waals surface area contributed by atoms with Gasteiger partial charge in [-0.3, -0.25) is 10.1 Å². The number of ether oxygens (including phenoxy) is 1. The molecule has 1 saturated carbocycles. The summed E-state index contributed by atoms with van der Waals surface area (Å²) in [6.45, 7) is 4.10. The van der Waals surface area contributed by atoms with Crippen LogP contribution < -0.4 is 5.32 Å². The monoisotopic (exact) mass is 313 g/mol. The molecule has 1 aliphatic carbocycles. The molecule has 0 aromatic carbocycles. The number of aromatic nitrogens is 4. The third kappa shape index (κ3) is 3.74. The van der Waals surface area contributed by atoms with Gasteiger partial charge in [-0.2, -0.15) is 0 Å². The number of nitrogens with zero attached hydrogens (tertiary/aromatic N) is 4. The highest BCUT2D eigenvalue weighted by Gasteiger charge is 2.44. The van der Waals surface area contributed by atoms with Crippen molar-refractivity contribution in [3.8, 4) is 0 Å². The van der Waals surface area contributed by atoms with Crippen LogP contribution in [-0.2, 0) is 16.6 Å². The van der Waals surface area contributed by atoms with Crippen LogP contribution in [0.4, 0.5) is 0 Å². The van der Waals surface area contributed by atoms with E-state index < -0.39 is 5.54 Å².